The highest BCUT2D eigenvalue weighted by Gasteiger charge is 2.13. The van der Waals surface area contributed by atoms with E-state index in [-0.39, 0.29) is 5.82 Å². The van der Waals surface area contributed by atoms with E-state index in [0.717, 1.165) is 37.2 Å². The summed E-state index contributed by atoms with van der Waals surface area (Å²) in [6.45, 7) is 3.93. The molecule has 1 saturated heterocycles. The number of nitrogens with zero attached hydrogens (tertiary/aromatic N) is 3. The number of benzene rings is 1. The van der Waals surface area contributed by atoms with E-state index in [9.17, 15) is 4.39 Å². The van der Waals surface area contributed by atoms with E-state index in [4.69, 9.17) is 5.73 Å². The second-order valence-electron chi connectivity index (χ2n) is 4.71. The molecule has 1 aromatic heterocycles. The summed E-state index contributed by atoms with van der Waals surface area (Å²) in [5.41, 5.74) is 7.46. The number of rotatable bonds is 3. The molecule has 102 valence electrons. The number of aromatic nitrogens is 2. The molecule has 1 fully saturated rings. The second-order valence-corrected chi connectivity index (χ2v) is 5.93. The van der Waals surface area contributed by atoms with E-state index < -0.39 is 0 Å². The third kappa shape index (κ3) is 2.69. The topological polar surface area (TPSA) is 47.1 Å². The van der Waals surface area contributed by atoms with Crippen LogP contribution in [-0.4, -0.2) is 45.6 Å². The van der Waals surface area contributed by atoms with Crippen molar-refractivity contribution in [3.63, 3.8) is 0 Å². The monoisotopic (exact) mass is 280 g/mol. The molecule has 0 saturated carbocycles. The van der Waals surface area contributed by atoms with Crippen molar-refractivity contribution in [1.29, 1.82) is 0 Å². The van der Waals surface area contributed by atoms with Crippen molar-refractivity contribution < 1.29 is 4.39 Å². The average Bonchev–Trinajstić information content (AvgIpc) is 2.73. The van der Waals surface area contributed by atoms with Gasteiger partial charge in [0.15, 0.2) is 0 Å². The summed E-state index contributed by atoms with van der Waals surface area (Å²) in [7, 11) is 0. The van der Waals surface area contributed by atoms with Crippen molar-refractivity contribution in [2.24, 2.45) is 0 Å². The molecule has 1 aromatic carbocycles. The largest absolute Gasteiger partial charge is 0.369 e. The van der Waals surface area contributed by atoms with Gasteiger partial charge in [0.25, 0.3) is 0 Å². The first kappa shape index (κ1) is 12.7. The molecule has 0 amide bonds. The summed E-state index contributed by atoms with van der Waals surface area (Å²) in [6, 6.07) is 4.60. The standard InChI is InChI=1S/C13H17FN4S/c14-10-1-2-11-12(9-10)18(13(15)16-11)4-3-17-5-7-19-8-6-17/h1-2,9H,3-8H2,(H2,15,16). The van der Waals surface area contributed by atoms with Crippen LogP contribution in [0.2, 0.25) is 0 Å². The van der Waals surface area contributed by atoms with Gasteiger partial charge in [-0.1, -0.05) is 0 Å². The summed E-state index contributed by atoms with van der Waals surface area (Å²) < 4.78 is 15.2. The van der Waals surface area contributed by atoms with Crippen LogP contribution in [0, 0.1) is 5.82 Å². The molecule has 19 heavy (non-hydrogen) atoms. The Morgan fingerprint density at radius 2 is 2.05 bits per heavy atom. The Bertz CT molecular complexity index is 577. The lowest BCUT2D eigenvalue weighted by molar-refractivity contribution is 0.291. The molecule has 0 spiro atoms. The van der Waals surface area contributed by atoms with Crippen molar-refractivity contribution in [2.45, 2.75) is 6.54 Å². The van der Waals surface area contributed by atoms with E-state index in [1.165, 1.54) is 23.6 Å². The molecular formula is C13H17FN4S. The van der Waals surface area contributed by atoms with E-state index in [1.54, 1.807) is 6.07 Å². The lowest BCUT2D eigenvalue weighted by Gasteiger charge is -2.26. The molecule has 1 aliphatic rings. The molecule has 0 unspecified atom stereocenters. The maximum Gasteiger partial charge on any atom is 0.201 e. The van der Waals surface area contributed by atoms with Gasteiger partial charge in [-0.3, -0.25) is 4.90 Å². The molecule has 2 heterocycles. The molecule has 6 heteroatoms. The highest BCUT2D eigenvalue weighted by molar-refractivity contribution is 7.99. The molecule has 4 nitrogen and oxygen atoms in total. The van der Waals surface area contributed by atoms with Crippen LogP contribution < -0.4 is 5.73 Å². The first-order valence-corrected chi connectivity index (χ1v) is 7.61. The van der Waals surface area contributed by atoms with E-state index in [0.29, 0.717) is 5.95 Å². The number of hydrogen-bond donors (Lipinski definition) is 1. The Morgan fingerprint density at radius 1 is 1.26 bits per heavy atom. The Balaban J connectivity index is 1.79. The smallest absolute Gasteiger partial charge is 0.201 e. The van der Waals surface area contributed by atoms with Gasteiger partial charge in [-0.15, -0.1) is 0 Å². The van der Waals surface area contributed by atoms with Gasteiger partial charge in [0, 0.05) is 37.7 Å². The van der Waals surface area contributed by atoms with Gasteiger partial charge >= 0.3 is 0 Å². The zero-order valence-electron chi connectivity index (χ0n) is 10.7. The lowest BCUT2D eigenvalue weighted by Crippen LogP contribution is -2.35. The number of anilines is 1. The molecule has 2 N–H and O–H groups in total. The number of nitrogens with two attached hydrogens (primary N) is 1. The summed E-state index contributed by atoms with van der Waals surface area (Å²) in [5.74, 6) is 2.60. The predicted octanol–water partition coefficient (Wildman–Crippen LogP) is 1.81. The van der Waals surface area contributed by atoms with Crippen LogP contribution in [0.1, 0.15) is 0 Å². The first-order chi connectivity index (χ1) is 9.24. The summed E-state index contributed by atoms with van der Waals surface area (Å²) in [4.78, 5) is 6.69. The summed E-state index contributed by atoms with van der Waals surface area (Å²) in [5, 5.41) is 0. The maximum absolute atomic E-state index is 13.3. The molecule has 0 bridgehead atoms. The van der Waals surface area contributed by atoms with Crippen LogP contribution in [-0.2, 0) is 6.54 Å². The number of halogens is 1. The Kier molecular flexibility index (Phi) is 3.61. The van der Waals surface area contributed by atoms with E-state index >= 15 is 0 Å². The molecule has 1 aliphatic heterocycles. The van der Waals surface area contributed by atoms with E-state index in [1.807, 2.05) is 16.3 Å². The highest BCUT2D eigenvalue weighted by Crippen LogP contribution is 2.19. The fraction of sp³-hybridized carbons (Fsp3) is 0.462. The van der Waals surface area contributed by atoms with Crippen molar-refractivity contribution in [2.75, 3.05) is 36.9 Å². The number of fused-ring (bicyclic) bond motifs is 1. The molecule has 0 radical (unpaired) electrons. The van der Waals surface area contributed by atoms with Crippen LogP contribution >= 0.6 is 11.8 Å². The molecule has 0 atom stereocenters. The van der Waals surface area contributed by atoms with Gasteiger partial charge in [-0.05, 0) is 18.2 Å². The zero-order valence-corrected chi connectivity index (χ0v) is 11.5. The van der Waals surface area contributed by atoms with Crippen LogP contribution in [0.25, 0.3) is 11.0 Å². The SMILES string of the molecule is Nc1nc2ccc(F)cc2n1CCN1CCSCC1. The van der Waals surface area contributed by atoms with Gasteiger partial charge in [-0.2, -0.15) is 11.8 Å². The number of thioether (sulfide) groups is 1. The third-order valence-electron chi connectivity index (χ3n) is 3.48. The molecular weight excluding hydrogens is 263 g/mol. The van der Waals surface area contributed by atoms with E-state index in [2.05, 4.69) is 9.88 Å². The second kappa shape index (κ2) is 5.38. The van der Waals surface area contributed by atoms with Crippen molar-refractivity contribution in [3.05, 3.63) is 24.0 Å². The lowest BCUT2D eigenvalue weighted by atomic mass is 10.3. The average molecular weight is 280 g/mol. The maximum atomic E-state index is 13.3. The summed E-state index contributed by atoms with van der Waals surface area (Å²) >= 11 is 1.99. The minimum Gasteiger partial charge on any atom is -0.369 e. The van der Waals surface area contributed by atoms with Crippen molar-refractivity contribution >= 4 is 28.7 Å². The Labute approximate surface area is 115 Å². The van der Waals surface area contributed by atoms with Crippen LogP contribution in [0.4, 0.5) is 10.3 Å². The third-order valence-corrected chi connectivity index (χ3v) is 4.43. The Morgan fingerprint density at radius 3 is 2.84 bits per heavy atom. The molecule has 3 rings (SSSR count). The quantitative estimate of drug-likeness (QED) is 0.931. The number of nitrogen functional groups attached to an aromatic ring is 1. The fourth-order valence-electron chi connectivity index (χ4n) is 2.42. The number of hydrogen-bond acceptors (Lipinski definition) is 4. The Hall–Kier alpha value is -1.27. The predicted molar refractivity (Wildman–Crippen MR) is 77.9 cm³/mol. The van der Waals surface area contributed by atoms with Gasteiger partial charge in [0.1, 0.15) is 5.82 Å². The highest BCUT2D eigenvalue weighted by atomic mass is 32.2. The minimum atomic E-state index is -0.247. The van der Waals surface area contributed by atoms with Gasteiger partial charge in [-0.25, -0.2) is 9.37 Å². The van der Waals surface area contributed by atoms with Gasteiger partial charge in [0.05, 0.1) is 11.0 Å². The zero-order chi connectivity index (χ0) is 13.2. The van der Waals surface area contributed by atoms with Crippen LogP contribution in [0.5, 0.6) is 0 Å². The first-order valence-electron chi connectivity index (χ1n) is 6.45. The van der Waals surface area contributed by atoms with Crippen LogP contribution in [0.15, 0.2) is 18.2 Å². The summed E-state index contributed by atoms with van der Waals surface area (Å²) in [6.07, 6.45) is 0. The van der Waals surface area contributed by atoms with Crippen molar-refractivity contribution in [3.8, 4) is 0 Å². The molecule has 0 aliphatic carbocycles. The fourth-order valence-corrected chi connectivity index (χ4v) is 3.39. The number of imidazole rings is 1. The van der Waals surface area contributed by atoms with Crippen molar-refractivity contribution in [1.82, 2.24) is 14.5 Å². The minimum absolute atomic E-state index is 0.247. The van der Waals surface area contributed by atoms with Gasteiger partial charge in [0.2, 0.25) is 5.95 Å². The van der Waals surface area contributed by atoms with Crippen LogP contribution in [0.3, 0.4) is 0 Å². The van der Waals surface area contributed by atoms with Gasteiger partial charge < -0.3 is 10.3 Å². The normalized spacial score (nSPS) is 17.1. The molecule has 2 aromatic rings.